The maximum atomic E-state index is 12.1. The number of ether oxygens (including phenoxy) is 1. The second-order valence-electron chi connectivity index (χ2n) is 6.40. The van der Waals surface area contributed by atoms with E-state index in [1.165, 1.54) is 4.90 Å². The van der Waals surface area contributed by atoms with Crippen LogP contribution in [0.15, 0.2) is 12.1 Å². The van der Waals surface area contributed by atoms with Crippen LogP contribution in [0.4, 0.5) is 10.5 Å². The summed E-state index contributed by atoms with van der Waals surface area (Å²) < 4.78 is 26.9. The summed E-state index contributed by atoms with van der Waals surface area (Å²) in [5, 5.41) is 0. The highest BCUT2D eigenvalue weighted by molar-refractivity contribution is 7.72. The number of hydrogen-bond donors (Lipinski definition) is 1. The third-order valence-electron chi connectivity index (χ3n) is 3.28. The van der Waals surface area contributed by atoms with E-state index in [4.69, 9.17) is 4.74 Å². The Labute approximate surface area is 134 Å². The van der Waals surface area contributed by atoms with Gasteiger partial charge in [0.25, 0.3) is 0 Å². The molecule has 0 radical (unpaired) electrons. The number of amides is 1. The van der Waals surface area contributed by atoms with Crippen LogP contribution in [0.5, 0.6) is 0 Å². The summed E-state index contributed by atoms with van der Waals surface area (Å²) in [4.78, 5) is 13.6. The molecule has 0 aromatic heterocycles. The smallest absolute Gasteiger partial charge is 0.414 e. The Kier molecular flexibility index (Phi) is 6.00. The van der Waals surface area contributed by atoms with E-state index in [2.05, 4.69) is 0 Å². The minimum Gasteiger partial charge on any atom is -0.443 e. The quantitative estimate of drug-likeness (QED) is 0.864. The Hall–Kier alpha value is -1.56. The minimum atomic E-state index is -2.38. The third kappa shape index (κ3) is 5.33. The highest BCUT2D eigenvalue weighted by Crippen LogP contribution is 2.24. The summed E-state index contributed by atoms with van der Waals surface area (Å²) in [6, 6.07) is 3.76. The van der Waals surface area contributed by atoms with E-state index in [-0.39, 0.29) is 5.75 Å². The van der Waals surface area contributed by atoms with Crippen molar-refractivity contribution in [3.63, 3.8) is 0 Å². The zero-order chi connectivity index (χ0) is 17.1. The van der Waals surface area contributed by atoms with Crippen molar-refractivity contribution in [3.05, 3.63) is 28.8 Å². The highest BCUT2D eigenvalue weighted by Gasteiger charge is 2.21. The summed E-state index contributed by atoms with van der Waals surface area (Å²) >= 11 is 0. The molecule has 0 aliphatic heterocycles. The number of aryl methyl sites for hydroxylation is 2. The number of thiol groups is 1. The Morgan fingerprint density at radius 2 is 1.68 bits per heavy atom. The van der Waals surface area contributed by atoms with Crippen molar-refractivity contribution in [1.29, 1.82) is 0 Å². The lowest BCUT2D eigenvalue weighted by atomic mass is 9.99. The molecule has 124 valence electrons. The molecule has 0 fully saturated rings. The lowest BCUT2D eigenvalue weighted by molar-refractivity contribution is 0.0589. The van der Waals surface area contributed by atoms with Crippen LogP contribution in [0.2, 0.25) is 0 Å². The van der Waals surface area contributed by atoms with Crippen LogP contribution < -0.4 is 4.90 Å². The molecule has 0 saturated heterocycles. The highest BCUT2D eigenvalue weighted by atomic mass is 32.2. The van der Waals surface area contributed by atoms with Crippen molar-refractivity contribution in [2.75, 3.05) is 17.7 Å². The first kappa shape index (κ1) is 18.5. The Balaban J connectivity index is 3.00. The van der Waals surface area contributed by atoms with E-state index >= 15 is 0 Å². The lowest BCUT2D eigenvalue weighted by Crippen LogP contribution is -2.34. The largest absolute Gasteiger partial charge is 0.443 e. The maximum absolute atomic E-state index is 12.1. The van der Waals surface area contributed by atoms with E-state index < -0.39 is 22.4 Å². The normalized spacial score (nSPS) is 11.6. The number of nitrogens with zero attached hydrogens (tertiary/aromatic N) is 1. The van der Waals surface area contributed by atoms with Crippen molar-refractivity contribution in [2.24, 2.45) is 0 Å². The number of carbonyl (C=O) groups is 1. The third-order valence-corrected chi connectivity index (χ3v) is 3.87. The molecule has 0 bridgehead atoms. The first-order valence-corrected chi connectivity index (χ1v) is 8.56. The Morgan fingerprint density at radius 3 is 2.09 bits per heavy atom. The summed E-state index contributed by atoms with van der Waals surface area (Å²) in [6.45, 7) is 9.31. The molecule has 0 N–H and O–H groups in total. The first-order valence-electron chi connectivity index (χ1n) is 7.20. The van der Waals surface area contributed by atoms with Crippen molar-refractivity contribution < 1.29 is 17.9 Å². The van der Waals surface area contributed by atoms with Crippen molar-refractivity contribution >= 4 is 22.5 Å². The minimum absolute atomic E-state index is 0.137. The molecule has 22 heavy (non-hydrogen) atoms. The van der Waals surface area contributed by atoms with Gasteiger partial charge in [-0.05, 0) is 69.9 Å². The van der Waals surface area contributed by atoms with E-state index in [0.29, 0.717) is 6.42 Å². The van der Waals surface area contributed by atoms with Crippen molar-refractivity contribution in [2.45, 2.75) is 46.6 Å². The molecule has 5 nitrogen and oxygen atoms in total. The van der Waals surface area contributed by atoms with Gasteiger partial charge in [-0.1, -0.05) is 0 Å². The molecule has 6 heteroatoms. The molecular weight excluding hydrogens is 302 g/mol. The van der Waals surface area contributed by atoms with Crippen LogP contribution in [0.3, 0.4) is 0 Å². The molecular formula is C16H25NO4S. The van der Waals surface area contributed by atoms with Crippen LogP contribution in [-0.2, 0) is 21.9 Å². The van der Waals surface area contributed by atoms with Gasteiger partial charge in [-0.15, -0.1) is 0 Å². The van der Waals surface area contributed by atoms with Gasteiger partial charge in [0.1, 0.15) is 16.3 Å². The zero-order valence-corrected chi connectivity index (χ0v) is 15.0. The standard InChI is InChI=1S/C16H25NO4S/c1-11-9-13(17(6)15(18)21-16(3,4)5)10-12(2)14(11)7-8-22(19)20/h9-10,22H,7-8H2,1-6H3. The topological polar surface area (TPSA) is 63.7 Å². The van der Waals surface area contributed by atoms with E-state index in [0.717, 1.165) is 22.4 Å². The Bertz CT molecular complexity index is 599. The molecule has 0 aliphatic carbocycles. The molecule has 1 rings (SSSR count). The molecule has 1 aromatic rings. The maximum Gasteiger partial charge on any atom is 0.414 e. The molecule has 0 aliphatic rings. The zero-order valence-electron chi connectivity index (χ0n) is 14.1. The van der Waals surface area contributed by atoms with E-state index in [1.807, 2.05) is 46.8 Å². The molecule has 1 aromatic carbocycles. The molecule has 1 amide bonds. The van der Waals surface area contributed by atoms with E-state index in [1.54, 1.807) is 7.05 Å². The lowest BCUT2D eigenvalue weighted by Gasteiger charge is -2.25. The van der Waals surface area contributed by atoms with Crippen LogP contribution in [0.1, 0.15) is 37.5 Å². The van der Waals surface area contributed by atoms with Gasteiger partial charge in [0.05, 0.1) is 5.75 Å². The number of anilines is 1. The molecule has 0 heterocycles. The van der Waals surface area contributed by atoms with Gasteiger partial charge in [-0.3, -0.25) is 4.90 Å². The number of carbonyl (C=O) groups excluding carboxylic acids is 1. The van der Waals surface area contributed by atoms with Gasteiger partial charge in [-0.2, -0.15) is 0 Å². The van der Waals surface area contributed by atoms with Gasteiger partial charge in [0.15, 0.2) is 0 Å². The van der Waals surface area contributed by atoms with Crippen molar-refractivity contribution in [3.8, 4) is 0 Å². The molecule has 0 saturated carbocycles. The monoisotopic (exact) mass is 327 g/mol. The van der Waals surface area contributed by atoms with Gasteiger partial charge in [-0.25, -0.2) is 13.2 Å². The SMILES string of the molecule is Cc1cc(N(C)C(=O)OC(C)(C)C)cc(C)c1CC[SH](=O)=O. The van der Waals surface area contributed by atoms with Gasteiger partial charge >= 0.3 is 6.09 Å². The van der Waals surface area contributed by atoms with Gasteiger partial charge in [0, 0.05) is 12.7 Å². The second kappa shape index (κ2) is 7.13. The summed E-state index contributed by atoms with van der Waals surface area (Å²) in [5.41, 5.74) is 3.15. The summed E-state index contributed by atoms with van der Waals surface area (Å²) in [7, 11) is -0.716. The summed E-state index contributed by atoms with van der Waals surface area (Å²) in [5.74, 6) is 0.137. The van der Waals surface area contributed by atoms with Crippen LogP contribution in [-0.4, -0.2) is 32.9 Å². The average Bonchev–Trinajstić information content (AvgIpc) is 2.34. The number of hydrogen-bond acceptors (Lipinski definition) is 4. The van der Waals surface area contributed by atoms with Crippen molar-refractivity contribution in [1.82, 2.24) is 0 Å². The van der Waals surface area contributed by atoms with Crippen LogP contribution in [0.25, 0.3) is 0 Å². The molecule has 0 atom stereocenters. The molecule has 0 unspecified atom stereocenters. The second-order valence-corrected chi connectivity index (χ2v) is 7.52. The Morgan fingerprint density at radius 1 is 1.18 bits per heavy atom. The molecule has 0 spiro atoms. The van der Waals surface area contributed by atoms with Crippen LogP contribution >= 0.6 is 0 Å². The number of rotatable bonds is 4. The fourth-order valence-corrected chi connectivity index (χ4v) is 2.60. The average molecular weight is 327 g/mol. The van der Waals surface area contributed by atoms with E-state index in [9.17, 15) is 13.2 Å². The van der Waals surface area contributed by atoms with Gasteiger partial charge < -0.3 is 4.74 Å². The summed E-state index contributed by atoms with van der Waals surface area (Å²) in [6.07, 6.45) is 0.0778. The predicted octanol–water partition coefficient (Wildman–Crippen LogP) is 2.83. The van der Waals surface area contributed by atoms with Gasteiger partial charge in [0.2, 0.25) is 0 Å². The predicted molar refractivity (Wildman–Crippen MR) is 89.4 cm³/mol. The fourth-order valence-electron chi connectivity index (χ4n) is 2.20. The van der Waals surface area contributed by atoms with Crippen LogP contribution in [0, 0.1) is 13.8 Å². The first-order chi connectivity index (χ1) is 10.0. The number of benzene rings is 1. The fraction of sp³-hybridized carbons (Fsp3) is 0.562.